The summed E-state index contributed by atoms with van der Waals surface area (Å²) in [6.45, 7) is 2.69. The van der Waals surface area contributed by atoms with Gasteiger partial charge in [0.1, 0.15) is 0 Å². The number of fused-ring (bicyclic) bond motifs is 1. The summed E-state index contributed by atoms with van der Waals surface area (Å²) in [7, 11) is 0. The van der Waals surface area contributed by atoms with Crippen LogP contribution in [0.3, 0.4) is 0 Å². The first-order valence-electron chi connectivity index (χ1n) is 6.59. The fraction of sp³-hybridized carbons (Fsp3) is 0.118. The molecule has 0 aromatic heterocycles. The molecule has 1 aliphatic heterocycles. The summed E-state index contributed by atoms with van der Waals surface area (Å²) in [6, 6.07) is 15.9. The molecule has 0 N–H and O–H groups in total. The molecular weight excluding hydrogens is 314 g/mol. The number of likely N-dealkylation sites (N-methyl/N-ethyl adjacent to an activating group) is 1. The SMILES string of the molecule is CCN1C(=O)/C(=C/c2ccc(Br)cc2)c2ccccc21. The molecule has 1 amide bonds. The fourth-order valence-electron chi connectivity index (χ4n) is 2.49. The van der Waals surface area contributed by atoms with E-state index in [2.05, 4.69) is 15.9 Å². The standard InChI is InChI=1S/C17H14BrNO/c1-2-19-16-6-4-3-5-14(16)15(17(19)20)11-12-7-9-13(18)10-8-12/h3-11H,2H2,1H3/b15-11+. The highest BCUT2D eigenvalue weighted by molar-refractivity contribution is 9.10. The van der Waals surface area contributed by atoms with Crippen molar-refractivity contribution in [1.29, 1.82) is 0 Å². The van der Waals surface area contributed by atoms with Gasteiger partial charge in [-0.25, -0.2) is 0 Å². The smallest absolute Gasteiger partial charge is 0.258 e. The third-order valence-electron chi connectivity index (χ3n) is 3.46. The van der Waals surface area contributed by atoms with Crippen LogP contribution in [0.2, 0.25) is 0 Å². The molecule has 0 saturated carbocycles. The molecule has 0 aliphatic carbocycles. The van der Waals surface area contributed by atoms with E-state index in [0.29, 0.717) is 6.54 Å². The third kappa shape index (κ3) is 2.18. The molecule has 0 atom stereocenters. The van der Waals surface area contributed by atoms with Gasteiger partial charge >= 0.3 is 0 Å². The number of anilines is 1. The van der Waals surface area contributed by atoms with E-state index in [9.17, 15) is 4.79 Å². The van der Waals surface area contributed by atoms with Crippen LogP contribution in [0, 0.1) is 0 Å². The van der Waals surface area contributed by atoms with Gasteiger partial charge in [-0.3, -0.25) is 4.79 Å². The summed E-state index contributed by atoms with van der Waals surface area (Å²) in [5.74, 6) is 0.0802. The molecule has 3 heteroatoms. The molecule has 1 heterocycles. The Bertz CT molecular complexity index is 688. The van der Waals surface area contributed by atoms with E-state index in [1.54, 1.807) is 0 Å². The second kappa shape index (κ2) is 5.25. The summed E-state index contributed by atoms with van der Waals surface area (Å²) >= 11 is 3.42. The van der Waals surface area contributed by atoms with Gasteiger partial charge in [0.15, 0.2) is 0 Å². The van der Waals surface area contributed by atoms with E-state index in [-0.39, 0.29) is 5.91 Å². The largest absolute Gasteiger partial charge is 0.308 e. The summed E-state index contributed by atoms with van der Waals surface area (Å²) in [4.78, 5) is 14.3. The Morgan fingerprint density at radius 3 is 2.50 bits per heavy atom. The van der Waals surface area contributed by atoms with Gasteiger partial charge in [-0.15, -0.1) is 0 Å². The van der Waals surface area contributed by atoms with Crippen LogP contribution in [0.4, 0.5) is 5.69 Å². The van der Waals surface area contributed by atoms with Gasteiger partial charge < -0.3 is 4.90 Å². The van der Waals surface area contributed by atoms with Crippen molar-refractivity contribution in [3.8, 4) is 0 Å². The maximum Gasteiger partial charge on any atom is 0.258 e. The topological polar surface area (TPSA) is 20.3 Å². The first-order chi connectivity index (χ1) is 9.70. The Hall–Kier alpha value is -1.87. The number of nitrogens with zero attached hydrogens (tertiary/aromatic N) is 1. The number of rotatable bonds is 2. The van der Waals surface area contributed by atoms with Gasteiger partial charge in [-0.05, 0) is 36.8 Å². The van der Waals surface area contributed by atoms with Crippen molar-refractivity contribution in [3.63, 3.8) is 0 Å². The van der Waals surface area contributed by atoms with E-state index < -0.39 is 0 Å². The minimum absolute atomic E-state index is 0.0802. The predicted octanol–water partition coefficient (Wildman–Crippen LogP) is 4.36. The van der Waals surface area contributed by atoms with Crippen molar-refractivity contribution in [3.05, 3.63) is 64.1 Å². The van der Waals surface area contributed by atoms with Crippen molar-refractivity contribution < 1.29 is 4.79 Å². The zero-order valence-corrected chi connectivity index (χ0v) is 12.7. The van der Waals surface area contributed by atoms with Crippen molar-refractivity contribution in [2.75, 3.05) is 11.4 Å². The Morgan fingerprint density at radius 2 is 1.80 bits per heavy atom. The van der Waals surface area contributed by atoms with Crippen LogP contribution in [-0.4, -0.2) is 12.5 Å². The van der Waals surface area contributed by atoms with Crippen LogP contribution in [0.15, 0.2) is 53.0 Å². The molecule has 1 aliphatic rings. The summed E-state index contributed by atoms with van der Waals surface area (Å²) in [6.07, 6.45) is 1.96. The number of benzene rings is 2. The number of halogens is 1. The quantitative estimate of drug-likeness (QED) is 0.750. The zero-order chi connectivity index (χ0) is 14.1. The molecule has 2 aromatic carbocycles. The van der Waals surface area contributed by atoms with Gasteiger partial charge in [0, 0.05) is 22.2 Å². The highest BCUT2D eigenvalue weighted by Crippen LogP contribution is 2.37. The molecule has 0 radical (unpaired) electrons. The number of hydrogen-bond acceptors (Lipinski definition) is 1. The first-order valence-corrected chi connectivity index (χ1v) is 7.38. The van der Waals surface area contributed by atoms with E-state index in [4.69, 9.17) is 0 Å². The fourth-order valence-corrected chi connectivity index (χ4v) is 2.75. The van der Waals surface area contributed by atoms with E-state index in [0.717, 1.165) is 26.9 Å². The number of hydrogen-bond donors (Lipinski definition) is 0. The van der Waals surface area contributed by atoms with Crippen LogP contribution in [0.5, 0.6) is 0 Å². The minimum Gasteiger partial charge on any atom is -0.308 e. The lowest BCUT2D eigenvalue weighted by Crippen LogP contribution is -2.25. The van der Waals surface area contributed by atoms with Crippen LogP contribution < -0.4 is 4.90 Å². The molecule has 3 rings (SSSR count). The molecule has 2 aromatic rings. The maximum absolute atomic E-state index is 12.5. The number of carbonyl (C=O) groups excluding carboxylic acids is 1. The van der Waals surface area contributed by atoms with Crippen molar-refractivity contribution in [2.45, 2.75) is 6.92 Å². The molecule has 2 nitrogen and oxygen atoms in total. The molecular formula is C17H14BrNO. The normalized spacial score (nSPS) is 15.8. The average Bonchev–Trinajstić information content (AvgIpc) is 2.74. The van der Waals surface area contributed by atoms with E-state index in [1.165, 1.54) is 0 Å². The highest BCUT2D eigenvalue weighted by atomic mass is 79.9. The lowest BCUT2D eigenvalue weighted by molar-refractivity contribution is -0.112. The third-order valence-corrected chi connectivity index (χ3v) is 3.99. The number of amides is 1. The summed E-state index contributed by atoms with van der Waals surface area (Å²) < 4.78 is 1.04. The summed E-state index contributed by atoms with van der Waals surface area (Å²) in [5.41, 5.74) is 3.82. The lowest BCUT2D eigenvalue weighted by atomic mass is 10.0. The Balaban J connectivity index is 2.10. The molecule has 100 valence electrons. The molecule has 0 spiro atoms. The predicted molar refractivity (Wildman–Crippen MR) is 86.5 cm³/mol. The zero-order valence-electron chi connectivity index (χ0n) is 11.1. The minimum atomic E-state index is 0.0802. The van der Waals surface area contributed by atoms with Gasteiger partial charge in [-0.1, -0.05) is 46.3 Å². The molecule has 0 fully saturated rings. The van der Waals surface area contributed by atoms with Gasteiger partial charge in [0.2, 0.25) is 0 Å². The molecule has 0 bridgehead atoms. The molecule has 0 saturated heterocycles. The maximum atomic E-state index is 12.5. The second-order valence-corrected chi connectivity index (χ2v) is 5.59. The van der Waals surface area contributed by atoms with Gasteiger partial charge in [-0.2, -0.15) is 0 Å². The number of carbonyl (C=O) groups is 1. The van der Waals surface area contributed by atoms with Gasteiger partial charge in [0.25, 0.3) is 5.91 Å². The Labute approximate surface area is 126 Å². The van der Waals surface area contributed by atoms with Crippen molar-refractivity contribution >= 4 is 39.2 Å². The van der Waals surface area contributed by atoms with Crippen LogP contribution in [0.1, 0.15) is 18.1 Å². The monoisotopic (exact) mass is 327 g/mol. The van der Waals surface area contributed by atoms with Crippen LogP contribution in [-0.2, 0) is 4.79 Å². The average molecular weight is 328 g/mol. The molecule has 20 heavy (non-hydrogen) atoms. The highest BCUT2D eigenvalue weighted by Gasteiger charge is 2.30. The lowest BCUT2D eigenvalue weighted by Gasteiger charge is -2.13. The first kappa shape index (κ1) is 13.1. The van der Waals surface area contributed by atoms with E-state index >= 15 is 0 Å². The van der Waals surface area contributed by atoms with E-state index in [1.807, 2.05) is 66.4 Å². The van der Waals surface area contributed by atoms with Crippen LogP contribution in [0.25, 0.3) is 11.6 Å². The van der Waals surface area contributed by atoms with Crippen molar-refractivity contribution in [2.24, 2.45) is 0 Å². The Kier molecular flexibility index (Phi) is 3.45. The molecule has 0 unspecified atom stereocenters. The number of para-hydroxylation sites is 1. The summed E-state index contributed by atoms with van der Waals surface area (Å²) in [5, 5.41) is 0. The Morgan fingerprint density at radius 1 is 1.10 bits per heavy atom. The van der Waals surface area contributed by atoms with Crippen molar-refractivity contribution in [1.82, 2.24) is 0 Å². The van der Waals surface area contributed by atoms with Crippen LogP contribution >= 0.6 is 15.9 Å². The second-order valence-electron chi connectivity index (χ2n) is 4.68. The van der Waals surface area contributed by atoms with Gasteiger partial charge in [0.05, 0.1) is 5.69 Å².